The smallest absolute Gasteiger partial charge is 0.249 e. The van der Waals surface area contributed by atoms with Crippen LogP contribution < -0.4 is 0 Å². The van der Waals surface area contributed by atoms with Gasteiger partial charge in [0, 0.05) is 6.54 Å². The monoisotopic (exact) mass is 251 g/mol. The Labute approximate surface area is 96.2 Å². The largest absolute Gasteiger partial charge is 0.288 e. The average Bonchev–Trinajstić information content (AvgIpc) is 2.71. The standard InChI is InChI=1S/C7H9NOS4/c9-6-7(10,2-3-8(6)11)5-1-4-12-13-5/h1,4-5,10-11H,2-3H2. The van der Waals surface area contributed by atoms with Crippen LogP contribution in [0.2, 0.25) is 0 Å². The Morgan fingerprint density at radius 3 is 2.92 bits per heavy atom. The number of carbonyl (C=O) groups is 1. The lowest BCUT2D eigenvalue weighted by atomic mass is 10.0. The van der Waals surface area contributed by atoms with Crippen LogP contribution in [0.5, 0.6) is 0 Å². The summed E-state index contributed by atoms with van der Waals surface area (Å²) in [4.78, 5) is 11.7. The molecule has 2 nitrogen and oxygen atoms in total. The van der Waals surface area contributed by atoms with Gasteiger partial charge in [-0.05, 0) is 11.8 Å². The molecule has 72 valence electrons. The number of hydrogen-bond donors (Lipinski definition) is 2. The van der Waals surface area contributed by atoms with Crippen molar-refractivity contribution in [2.75, 3.05) is 6.54 Å². The van der Waals surface area contributed by atoms with Crippen LogP contribution in [0.1, 0.15) is 6.42 Å². The van der Waals surface area contributed by atoms with Gasteiger partial charge in [0.25, 0.3) is 0 Å². The molecule has 2 aliphatic rings. The average molecular weight is 251 g/mol. The molecule has 1 fully saturated rings. The van der Waals surface area contributed by atoms with Crippen molar-refractivity contribution in [3.05, 3.63) is 11.5 Å². The van der Waals surface area contributed by atoms with Crippen LogP contribution in [0, 0.1) is 0 Å². The Morgan fingerprint density at radius 1 is 1.69 bits per heavy atom. The van der Waals surface area contributed by atoms with Crippen molar-refractivity contribution in [3.8, 4) is 0 Å². The first-order valence-corrected chi connectivity index (χ1v) is 6.99. The number of carbonyl (C=O) groups excluding carboxylic acids is 1. The van der Waals surface area contributed by atoms with E-state index < -0.39 is 4.75 Å². The van der Waals surface area contributed by atoms with Gasteiger partial charge in [-0.25, -0.2) is 0 Å². The third-order valence-corrected chi connectivity index (χ3v) is 5.93. The molecule has 0 aliphatic carbocycles. The van der Waals surface area contributed by atoms with Crippen LogP contribution in [0.4, 0.5) is 0 Å². The van der Waals surface area contributed by atoms with Gasteiger partial charge in [0.15, 0.2) is 0 Å². The van der Waals surface area contributed by atoms with Gasteiger partial charge in [-0.2, -0.15) is 12.6 Å². The van der Waals surface area contributed by atoms with E-state index in [1.54, 1.807) is 21.6 Å². The lowest BCUT2D eigenvalue weighted by Gasteiger charge is -2.24. The van der Waals surface area contributed by atoms with Gasteiger partial charge >= 0.3 is 0 Å². The van der Waals surface area contributed by atoms with Gasteiger partial charge < -0.3 is 0 Å². The van der Waals surface area contributed by atoms with Crippen molar-refractivity contribution < 1.29 is 4.79 Å². The first-order valence-electron chi connectivity index (χ1n) is 3.86. The quantitative estimate of drug-likeness (QED) is 0.550. The summed E-state index contributed by atoms with van der Waals surface area (Å²) in [6.07, 6.45) is 2.83. The molecule has 1 amide bonds. The third-order valence-electron chi connectivity index (χ3n) is 2.25. The summed E-state index contributed by atoms with van der Waals surface area (Å²) in [6.45, 7) is 0.695. The zero-order valence-corrected chi connectivity index (χ0v) is 10.1. The number of hydrogen-bond acceptors (Lipinski definition) is 5. The van der Waals surface area contributed by atoms with Crippen LogP contribution >= 0.6 is 47.0 Å². The van der Waals surface area contributed by atoms with Gasteiger partial charge in [0.1, 0.15) is 4.75 Å². The molecule has 2 rings (SSSR count). The van der Waals surface area contributed by atoms with Gasteiger partial charge in [-0.3, -0.25) is 9.10 Å². The summed E-state index contributed by atoms with van der Waals surface area (Å²) in [5, 5.41) is 2.20. The lowest BCUT2D eigenvalue weighted by Crippen LogP contribution is -2.39. The van der Waals surface area contributed by atoms with E-state index in [0.29, 0.717) is 6.54 Å². The van der Waals surface area contributed by atoms with Crippen molar-refractivity contribution in [1.29, 1.82) is 0 Å². The van der Waals surface area contributed by atoms with Crippen molar-refractivity contribution in [1.82, 2.24) is 4.31 Å². The van der Waals surface area contributed by atoms with Crippen LogP contribution in [0.3, 0.4) is 0 Å². The van der Waals surface area contributed by atoms with E-state index in [1.165, 1.54) is 4.31 Å². The normalized spacial score (nSPS) is 39.1. The van der Waals surface area contributed by atoms with Crippen molar-refractivity contribution in [3.63, 3.8) is 0 Å². The van der Waals surface area contributed by atoms with Crippen LogP contribution in [-0.4, -0.2) is 26.8 Å². The fraction of sp³-hybridized carbons (Fsp3) is 0.571. The Morgan fingerprint density at radius 2 is 2.46 bits per heavy atom. The van der Waals surface area contributed by atoms with Gasteiger partial charge in [-0.15, -0.1) is 0 Å². The predicted octanol–water partition coefficient (Wildman–Crippen LogP) is 2.01. The summed E-state index contributed by atoms with van der Waals surface area (Å²) < 4.78 is 0.927. The van der Waals surface area contributed by atoms with E-state index in [9.17, 15) is 4.79 Å². The van der Waals surface area contributed by atoms with E-state index in [4.69, 9.17) is 0 Å². The van der Waals surface area contributed by atoms with E-state index >= 15 is 0 Å². The lowest BCUT2D eigenvalue weighted by molar-refractivity contribution is -0.125. The van der Waals surface area contributed by atoms with Crippen LogP contribution in [0.25, 0.3) is 0 Å². The molecule has 0 aromatic carbocycles. The van der Waals surface area contributed by atoms with Gasteiger partial charge in [-0.1, -0.05) is 40.5 Å². The minimum absolute atomic E-state index is 0.0313. The zero-order chi connectivity index (χ0) is 9.47. The molecule has 13 heavy (non-hydrogen) atoms. The molecule has 2 aliphatic heterocycles. The molecule has 0 spiro atoms. The first kappa shape index (κ1) is 10.1. The Bertz CT molecular complexity index is 269. The van der Waals surface area contributed by atoms with E-state index in [0.717, 1.165) is 6.42 Å². The molecule has 0 N–H and O–H groups in total. The van der Waals surface area contributed by atoms with Gasteiger partial charge in [0.2, 0.25) is 5.91 Å². The van der Waals surface area contributed by atoms with Crippen LogP contribution in [0.15, 0.2) is 11.5 Å². The molecular formula is C7H9NOS4. The molecule has 0 radical (unpaired) electrons. The molecule has 2 atom stereocenters. The van der Waals surface area contributed by atoms with E-state index in [1.807, 2.05) is 11.5 Å². The highest BCUT2D eigenvalue weighted by Gasteiger charge is 2.49. The van der Waals surface area contributed by atoms with Crippen molar-refractivity contribution in [2.45, 2.75) is 16.4 Å². The highest BCUT2D eigenvalue weighted by Crippen LogP contribution is 2.47. The summed E-state index contributed by atoms with van der Waals surface area (Å²) in [6, 6.07) is 0. The molecule has 0 saturated carbocycles. The Kier molecular flexibility index (Phi) is 2.84. The van der Waals surface area contributed by atoms with E-state index in [-0.39, 0.29) is 11.2 Å². The molecule has 0 bridgehead atoms. The topological polar surface area (TPSA) is 20.3 Å². The minimum Gasteiger partial charge on any atom is -0.288 e. The Hall–Kier alpha value is 0.610. The molecule has 1 saturated heterocycles. The van der Waals surface area contributed by atoms with Crippen molar-refractivity contribution in [2.24, 2.45) is 0 Å². The molecule has 2 heterocycles. The number of amides is 1. The first-order chi connectivity index (χ1) is 6.14. The highest BCUT2D eigenvalue weighted by molar-refractivity contribution is 8.78. The second-order valence-electron chi connectivity index (χ2n) is 3.04. The minimum atomic E-state index is -0.535. The second kappa shape index (κ2) is 3.64. The summed E-state index contributed by atoms with van der Waals surface area (Å²) in [5.41, 5.74) is 0. The third kappa shape index (κ3) is 1.62. The summed E-state index contributed by atoms with van der Waals surface area (Å²) in [5.74, 6) is 0.0313. The fourth-order valence-corrected chi connectivity index (χ4v) is 4.93. The maximum atomic E-state index is 11.7. The number of thiol groups is 2. The molecule has 6 heteroatoms. The SMILES string of the molecule is O=C1N(S)CCC1(S)C1C=CSS1. The molecule has 0 aromatic heterocycles. The maximum absolute atomic E-state index is 11.7. The fourth-order valence-electron chi connectivity index (χ4n) is 1.44. The van der Waals surface area contributed by atoms with Crippen LogP contribution in [-0.2, 0) is 4.79 Å². The maximum Gasteiger partial charge on any atom is 0.249 e. The molecule has 0 aromatic rings. The summed E-state index contributed by atoms with van der Waals surface area (Å²) >= 11 is 8.59. The zero-order valence-electron chi connectivity index (χ0n) is 6.71. The summed E-state index contributed by atoms with van der Waals surface area (Å²) in [7, 11) is 3.35. The molecular weight excluding hydrogens is 242 g/mol. The van der Waals surface area contributed by atoms with Crippen molar-refractivity contribution >= 4 is 52.9 Å². The Balaban J connectivity index is 2.20. The number of rotatable bonds is 1. The van der Waals surface area contributed by atoms with Gasteiger partial charge in [0.05, 0.1) is 5.25 Å². The predicted molar refractivity (Wildman–Crippen MR) is 65.1 cm³/mol. The molecule has 2 unspecified atom stereocenters. The van der Waals surface area contributed by atoms with E-state index in [2.05, 4.69) is 25.4 Å². The number of nitrogens with zero attached hydrogens (tertiary/aromatic N) is 1. The highest BCUT2D eigenvalue weighted by atomic mass is 33.1. The second-order valence-corrected chi connectivity index (χ2v) is 6.64.